The van der Waals surface area contributed by atoms with E-state index >= 15 is 0 Å². The highest BCUT2D eigenvalue weighted by atomic mass is 14.1. The third-order valence-electron chi connectivity index (χ3n) is 3.62. The maximum Gasteiger partial charge on any atom is -0.0120 e. The van der Waals surface area contributed by atoms with Crippen LogP contribution in [0.2, 0.25) is 0 Å². The predicted molar refractivity (Wildman–Crippen MR) is 73.2 cm³/mol. The normalized spacial score (nSPS) is 10.6. The first-order valence-corrected chi connectivity index (χ1v) is 5.99. The zero-order valence-electron chi connectivity index (χ0n) is 11.2. The SMILES string of the molecule is Cc1[c]ccc(-c2c(C)c[c]c(C)c2C)c1C. The van der Waals surface area contributed by atoms with E-state index in [0.717, 1.165) is 0 Å². The molecule has 0 nitrogen and oxygen atoms in total. The van der Waals surface area contributed by atoms with Crippen LogP contribution < -0.4 is 0 Å². The number of benzene rings is 2. The molecular formula is C17H18. The highest BCUT2D eigenvalue weighted by Crippen LogP contribution is 2.32. The van der Waals surface area contributed by atoms with Gasteiger partial charge in [0.15, 0.2) is 0 Å². The fourth-order valence-electron chi connectivity index (χ4n) is 2.25. The van der Waals surface area contributed by atoms with E-state index in [-0.39, 0.29) is 0 Å². The average molecular weight is 222 g/mol. The van der Waals surface area contributed by atoms with Gasteiger partial charge in [0.1, 0.15) is 0 Å². The van der Waals surface area contributed by atoms with Crippen molar-refractivity contribution in [1.29, 1.82) is 0 Å². The van der Waals surface area contributed by atoms with Gasteiger partial charge >= 0.3 is 0 Å². The molecule has 0 aliphatic carbocycles. The van der Waals surface area contributed by atoms with Crippen LogP contribution in [0.4, 0.5) is 0 Å². The molecule has 0 bridgehead atoms. The summed E-state index contributed by atoms with van der Waals surface area (Å²) < 4.78 is 0. The topological polar surface area (TPSA) is 0 Å². The molecule has 0 heteroatoms. The van der Waals surface area contributed by atoms with Gasteiger partial charge in [-0.1, -0.05) is 18.2 Å². The van der Waals surface area contributed by atoms with Gasteiger partial charge in [-0.15, -0.1) is 0 Å². The molecule has 0 aromatic heterocycles. The Bertz CT molecular complexity index is 562. The first-order valence-electron chi connectivity index (χ1n) is 5.99. The molecule has 2 aromatic carbocycles. The second-order valence-electron chi connectivity index (χ2n) is 4.74. The van der Waals surface area contributed by atoms with Crippen molar-refractivity contribution in [1.82, 2.24) is 0 Å². The Morgan fingerprint density at radius 3 is 2.18 bits per heavy atom. The maximum absolute atomic E-state index is 3.30. The fraction of sp³-hybridized carbons (Fsp3) is 0.294. The van der Waals surface area contributed by atoms with Crippen LogP contribution in [0.3, 0.4) is 0 Å². The Hall–Kier alpha value is -1.56. The van der Waals surface area contributed by atoms with Gasteiger partial charge in [-0.25, -0.2) is 0 Å². The summed E-state index contributed by atoms with van der Waals surface area (Å²) >= 11 is 0. The molecule has 17 heavy (non-hydrogen) atoms. The second-order valence-corrected chi connectivity index (χ2v) is 4.74. The summed E-state index contributed by atoms with van der Waals surface area (Å²) in [6, 6.07) is 12.8. The van der Waals surface area contributed by atoms with Gasteiger partial charge in [-0.2, -0.15) is 0 Å². The zero-order valence-corrected chi connectivity index (χ0v) is 11.2. The van der Waals surface area contributed by atoms with E-state index < -0.39 is 0 Å². The molecule has 2 radical (unpaired) electrons. The van der Waals surface area contributed by atoms with Crippen molar-refractivity contribution in [2.45, 2.75) is 34.6 Å². The van der Waals surface area contributed by atoms with E-state index in [1.807, 2.05) is 6.07 Å². The third kappa shape index (κ3) is 2.00. The summed E-state index contributed by atoms with van der Waals surface area (Å²) in [4.78, 5) is 0. The molecule has 2 aromatic rings. The largest absolute Gasteiger partial charge is 0.0535 e. The Morgan fingerprint density at radius 1 is 0.824 bits per heavy atom. The summed E-state index contributed by atoms with van der Waals surface area (Å²) in [6.45, 7) is 10.7. The Labute approximate surface area is 104 Å². The molecule has 0 fully saturated rings. The molecule has 2 rings (SSSR count). The van der Waals surface area contributed by atoms with Crippen LogP contribution in [-0.4, -0.2) is 0 Å². The van der Waals surface area contributed by atoms with Gasteiger partial charge in [-0.3, -0.25) is 0 Å². The highest BCUT2D eigenvalue weighted by molar-refractivity contribution is 5.75. The zero-order chi connectivity index (χ0) is 12.6. The van der Waals surface area contributed by atoms with Crippen molar-refractivity contribution in [2.24, 2.45) is 0 Å². The van der Waals surface area contributed by atoms with Crippen LogP contribution in [-0.2, 0) is 0 Å². The molecule has 0 aliphatic rings. The molecule has 0 saturated carbocycles. The molecule has 0 heterocycles. The molecule has 0 aliphatic heterocycles. The summed E-state index contributed by atoms with van der Waals surface area (Å²) in [7, 11) is 0. The minimum atomic E-state index is 1.23. The lowest BCUT2D eigenvalue weighted by Gasteiger charge is -2.15. The van der Waals surface area contributed by atoms with Gasteiger partial charge < -0.3 is 0 Å². The smallest absolute Gasteiger partial charge is 0.0120 e. The van der Waals surface area contributed by atoms with Crippen molar-refractivity contribution in [3.63, 3.8) is 0 Å². The average Bonchev–Trinajstić information content (AvgIpc) is 2.30. The van der Waals surface area contributed by atoms with E-state index in [0.29, 0.717) is 0 Å². The molecule has 0 amide bonds. The summed E-state index contributed by atoms with van der Waals surface area (Å²) in [5, 5.41) is 0. The van der Waals surface area contributed by atoms with Gasteiger partial charge in [0.05, 0.1) is 0 Å². The van der Waals surface area contributed by atoms with Crippen LogP contribution >= 0.6 is 0 Å². The molecular weight excluding hydrogens is 204 g/mol. The first-order chi connectivity index (χ1) is 8.02. The molecule has 0 unspecified atom stereocenters. The third-order valence-corrected chi connectivity index (χ3v) is 3.62. The van der Waals surface area contributed by atoms with E-state index in [1.54, 1.807) is 0 Å². The molecule has 0 saturated heterocycles. The lowest BCUT2D eigenvalue weighted by Crippen LogP contribution is -1.95. The van der Waals surface area contributed by atoms with E-state index in [1.165, 1.54) is 38.9 Å². The van der Waals surface area contributed by atoms with Crippen molar-refractivity contribution < 1.29 is 0 Å². The lowest BCUT2D eigenvalue weighted by atomic mass is 9.89. The van der Waals surface area contributed by atoms with E-state index in [9.17, 15) is 0 Å². The molecule has 0 atom stereocenters. The molecule has 0 spiro atoms. The number of hydrogen-bond acceptors (Lipinski definition) is 0. The van der Waals surface area contributed by atoms with Crippen molar-refractivity contribution >= 4 is 0 Å². The monoisotopic (exact) mass is 222 g/mol. The lowest BCUT2D eigenvalue weighted by molar-refractivity contribution is 1.26. The van der Waals surface area contributed by atoms with Crippen molar-refractivity contribution in [3.05, 3.63) is 58.1 Å². The molecule has 0 N–H and O–H groups in total. The van der Waals surface area contributed by atoms with Gasteiger partial charge in [-0.05, 0) is 85.7 Å². The van der Waals surface area contributed by atoms with Crippen LogP contribution in [0, 0.1) is 46.8 Å². The van der Waals surface area contributed by atoms with E-state index in [4.69, 9.17) is 0 Å². The number of hydrogen-bond donors (Lipinski definition) is 0. The fourth-order valence-corrected chi connectivity index (χ4v) is 2.25. The number of rotatable bonds is 1. The predicted octanol–water partition coefficient (Wildman–Crippen LogP) is 4.50. The van der Waals surface area contributed by atoms with Gasteiger partial charge in [0.2, 0.25) is 0 Å². The Balaban J connectivity index is 2.77. The quantitative estimate of drug-likeness (QED) is 0.666. The minimum absolute atomic E-state index is 1.23. The van der Waals surface area contributed by atoms with Gasteiger partial charge in [0.25, 0.3) is 0 Å². The Kier molecular flexibility index (Phi) is 3.06. The van der Waals surface area contributed by atoms with E-state index in [2.05, 4.69) is 58.9 Å². The van der Waals surface area contributed by atoms with Crippen molar-refractivity contribution in [2.75, 3.05) is 0 Å². The Morgan fingerprint density at radius 2 is 1.47 bits per heavy atom. The maximum atomic E-state index is 3.30. The van der Waals surface area contributed by atoms with Crippen molar-refractivity contribution in [3.8, 4) is 11.1 Å². The minimum Gasteiger partial charge on any atom is -0.0535 e. The summed E-state index contributed by atoms with van der Waals surface area (Å²) in [5.41, 5.74) is 9.09. The summed E-state index contributed by atoms with van der Waals surface area (Å²) in [6.07, 6.45) is 0. The standard InChI is InChI=1S/C17H18/c1-11-7-6-8-16(14(11)4)17-13(3)10-9-12(2)15(17)5/h6,8,10H,1-5H3. The van der Waals surface area contributed by atoms with Crippen LogP contribution in [0.5, 0.6) is 0 Å². The van der Waals surface area contributed by atoms with Crippen LogP contribution in [0.1, 0.15) is 27.8 Å². The van der Waals surface area contributed by atoms with Crippen LogP contribution in [0.25, 0.3) is 11.1 Å². The van der Waals surface area contributed by atoms with Crippen LogP contribution in [0.15, 0.2) is 18.2 Å². The van der Waals surface area contributed by atoms with Gasteiger partial charge in [0, 0.05) is 0 Å². The first kappa shape index (κ1) is 11.9. The molecule has 86 valence electrons. The second kappa shape index (κ2) is 4.37. The summed E-state index contributed by atoms with van der Waals surface area (Å²) in [5.74, 6) is 0. The number of aryl methyl sites for hydroxylation is 3. The highest BCUT2D eigenvalue weighted by Gasteiger charge is 2.10.